The van der Waals surface area contributed by atoms with Crippen molar-refractivity contribution in [2.75, 3.05) is 5.32 Å². The Balaban J connectivity index is 1.72. The normalized spacial score (nSPS) is 11.3. The highest BCUT2D eigenvalue weighted by Gasteiger charge is 2.13. The van der Waals surface area contributed by atoms with Gasteiger partial charge in [-0.3, -0.25) is 14.2 Å². The summed E-state index contributed by atoms with van der Waals surface area (Å²) in [4.78, 5) is 12.4. The second kappa shape index (κ2) is 8.25. The summed E-state index contributed by atoms with van der Waals surface area (Å²) >= 11 is 0. The van der Waals surface area contributed by atoms with Gasteiger partial charge in [0.05, 0.1) is 29.8 Å². The molecule has 0 atom stereocenters. The second-order valence-electron chi connectivity index (χ2n) is 7.01. The number of anilines is 1. The average Bonchev–Trinajstić information content (AvgIpc) is 3.16. The van der Waals surface area contributed by atoms with Crippen molar-refractivity contribution < 1.29 is 4.79 Å². The number of aryl methyl sites for hydroxylation is 3. The Bertz CT molecular complexity index is 1010. The van der Waals surface area contributed by atoms with E-state index in [9.17, 15) is 4.79 Å². The highest BCUT2D eigenvalue weighted by molar-refractivity contribution is 6.02. The molecular weight excluding hydrogens is 350 g/mol. The number of carbonyl (C=O) groups excluding carboxylic acids is 1. The lowest BCUT2D eigenvalue weighted by molar-refractivity contribution is -0.111. The first-order valence-electron chi connectivity index (χ1n) is 9.50. The summed E-state index contributed by atoms with van der Waals surface area (Å²) in [6.07, 6.45) is 5.12. The van der Waals surface area contributed by atoms with Gasteiger partial charge in [-0.15, -0.1) is 0 Å². The SMILES string of the molecule is CCn1ncc(/C=C/C(=O)Nc2c(C)nn(Cc3ccc(C)cc3)c2C)c1C. The number of hydrogen-bond acceptors (Lipinski definition) is 3. The molecule has 0 bridgehead atoms. The molecule has 3 aromatic rings. The van der Waals surface area contributed by atoms with Gasteiger partial charge in [-0.05, 0) is 46.3 Å². The standard InChI is InChI=1S/C22H27N5O/c1-6-26-17(4)20(13-23-26)11-12-21(28)24-22-16(3)25-27(18(22)5)14-19-9-7-15(2)8-10-19/h7-13H,6,14H2,1-5H3,(H,24,28)/b12-11+. The van der Waals surface area contributed by atoms with Crippen molar-refractivity contribution in [1.82, 2.24) is 19.6 Å². The van der Waals surface area contributed by atoms with Crippen LogP contribution in [0.2, 0.25) is 0 Å². The lowest BCUT2D eigenvalue weighted by Gasteiger charge is -2.06. The summed E-state index contributed by atoms with van der Waals surface area (Å²) < 4.78 is 3.83. The Morgan fingerprint density at radius 2 is 1.79 bits per heavy atom. The minimum absolute atomic E-state index is 0.176. The van der Waals surface area contributed by atoms with Crippen molar-refractivity contribution in [3.8, 4) is 0 Å². The molecule has 0 aliphatic rings. The summed E-state index contributed by atoms with van der Waals surface area (Å²) in [5.74, 6) is -0.176. The third-order valence-corrected chi connectivity index (χ3v) is 4.94. The fraction of sp³-hybridized carbons (Fsp3) is 0.318. The molecule has 6 nitrogen and oxygen atoms in total. The van der Waals surface area contributed by atoms with Crippen LogP contribution in [0.1, 0.15) is 40.7 Å². The van der Waals surface area contributed by atoms with Gasteiger partial charge in [0.2, 0.25) is 5.91 Å². The van der Waals surface area contributed by atoms with Gasteiger partial charge in [-0.25, -0.2) is 0 Å². The first-order chi connectivity index (χ1) is 13.4. The molecule has 0 aliphatic carbocycles. The summed E-state index contributed by atoms with van der Waals surface area (Å²) in [5, 5.41) is 11.9. The molecule has 0 fully saturated rings. The maximum Gasteiger partial charge on any atom is 0.248 e. The summed E-state index contributed by atoms with van der Waals surface area (Å²) in [6.45, 7) is 11.5. The van der Waals surface area contributed by atoms with Gasteiger partial charge in [0.1, 0.15) is 0 Å². The van der Waals surface area contributed by atoms with Crippen LogP contribution in [0.3, 0.4) is 0 Å². The second-order valence-corrected chi connectivity index (χ2v) is 7.01. The van der Waals surface area contributed by atoms with Crippen molar-refractivity contribution in [2.24, 2.45) is 0 Å². The van der Waals surface area contributed by atoms with Gasteiger partial charge in [0.25, 0.3) is 0 Å². The quantitative estimate of drug-likeness (QED) is 0.660. The van der Waals surface area contributed by atoms with Gasteiger partial charge in [0, 0.05) is 23.9 Å². The van der Waals surface area contributed by atoms with Gasteiger partial charge >= 0.3 is 0 Å². The van der Waals surface area contributed by atoms with Crippen LogP contribution < -0.4 is 5.32 Å². The Kier molecular flexibility index (Phi) is 5.78. The smallest absolute Gasteiger partial charge is 0.248 e. The maximum absolute atomic E-state index is 12.4. The molecule has 0 spiro atoms. The average molecular weight is 377 g/mol. The van der Waals surface area contributed by atoms with Crippen LogP contribution >= 0.6 is 0 Å². The predicted molar refractivity (Wildman–Crippen MR) is 112 cm³/mol. The highest BCUT2D eigenvalue weighted by Crippen LogP contribution is 2.21. The lowest BCUT2D eigenvalue weighted by atomic mass is 10.1. The number of nitrogens with one attached hydrogen (secondary N) is 1. The van der Waals surface area contributed by atoms with Gasteiger partial charge in [-0.2, -0.15) is 10.2 Å². The van der Waals surface area contributed by atoms with Crippen molar-refractivity contribution in [3.05, 3.63) is 70.3 Å². The van der Waals surface area contributed by atoms with E-state index < -0.39 is 0 Å². The molecule has 1 aromatic carbocycles. The van der Waals surface area contributed by atoms with E-state index in [4.69, 9.17) is 0 Å². The molecule has 0 saturated heterocycles. The highest BCUT2D eigenvalue weighted by atomic mass is 16.1. The molecule has 28 heavy (non-hydrogen) atoms. The van der Waals surface area contributed by atoms with Crippen LogP contribution in [0, 0.1) is 27.7 Å². The molecule has 146 valence electrons. The van der Waals surface area contributed by atoms with Crippen LogP contribution in [0.4, 0.5) is 5.69 Å². The Morgan fingerprint density at radius 1 is 1.07 bits per heavy atom. The van der Waals surface area contributed by atoms with Gasteiger partial charge < -0.3 is 5.32 Å². The molecule has 1 N–H and O–H groups in total. The number of benzene rings is 1. The molecule has 0 aliphatic heterocycles. The topological polar surface area (TPSA) is 64.7 Å². The van der Waals surface area contributed by atoms with Crippen molar-refractivity contribution in [3.63, 3.8) is 0 Å². The van der Waals surface area contributed by atoms with Crippen molar-refractivity contribution in [1.29, 1.82) is 0 Å². The third kappa shape index (κ3) is 4.22. The van der Waals surface area contributed by atoms with E-state index >= 15 is 0 Å². The van der Waals surface area contributed by atoms with Crippen LogP contribution in [0.5, 0.6) is 0 Å². The zero-order valence-electron chi connectivity index (χ0n) is 17.2. The van der Waals surface area contributed by atoms with E-state index in [0.29, 0.717) is 6.54 Å². The van der Waals surface area contributed by atoms with E-state index in [1.165, 1.54) is 11.1 Å². The largest absolute Gasteiger partial charge is 0.319 e. The van der Waals surface area contributed by atoms with Crippen LogP contribution in [-0.2, 0) is 17.9 Å². The fourth-order valence-electron chi connectivity index (χ4n) is 3.17. The predicted octanol–water partition coefficient (Wildman–Crippen LogP) is 4.03. The molecule has 3 rings (SSSR count). The molecule has 0 unspecified atom stereocenters. The van der Waals surface area contributed by atoms with E-state index in [1.54, 1.807) is 18.3 Å². The molecule has 2 heterocycles. The van der Waals surface area contributed by atoms with Crippen LogP contribution in [-0.4, -0.2) is 25.5 Å². The fourth-order valence-corrected chi connectivity index (χ4v) is 3.17. The van der Waals surface area contributed by atoms with Gasteiger partial charge in [0.15, 0.2) is 0 Å². The van der Waals surface area contributed by atoms with E-state index in [1.807, 2.05) is 37.1 Å². The number of rotatable bonds is 6. The number of hydrogen-bond donors (Lipinski definition) is 1. The number of carbonyl (C=O) groups is 1. The number of amides is 1. The van der Waals surface area contributed by atoms with E-state index in [2.05, 4.69) is 46.7 Å². The maximum atomic E-state index is 12.4. The number of aromatic nitrogens is 4. The van der Waals surface area contributed by atoms with Crippen LogP contribution in [0.15, 0.2) is 36.5 Å². The lowest BCUT2D eigenvalue weighted by Crippen LogP contribution is -2.10. The minimum Gasteiger partial charge on any atom is -0.319 e. The summed E-state index contributed by atoms with van der Waals surface area (Å²) in [5.41, 5.74) is 6.91. The van der Waals surface area contributed by atoms with Crippen molar-refractivity contribution >= 4 is 17.7 Å². The minimum atomic E-state index is -0.176. The number of nitrogens with zero attached hydrogens (tertiary/aromatic N) is 4. The monoisotopic (exact) mass is 377 g/mol. The molecule has 0 radical (unpaired) electrons. The zero-order chi connectivity index (χ0) is 20.3. The summed E-state index contributed by atoms with van der Waals surface area (Å²) in [7, 11) is 0. The third-order valence-electron chi connectivity index (χ3n) is 4.94. The first kappa shape index (κ1) is 19.6. The molecule has 2 aromatic heterocycles. The van der Waals surface area contributed by atoms with E-state index in [0.717, 1.165) is 34.9 Å². The Labute approximate surface area is 165 Å². The molecular formula is C22H27N5O. The Morgan fingerprint density at radius 3 is 2.43 bits per heavy atom. The van der Waals surface area contributed by atoms with Crippen LogP contribution in [0.25, 0.3) is 6.08 Å². The molecule has 1 amide bonds. The first-order valence-corrected chi connectivity index (χ1v) is 9.50. The molecule has 0 saturated carbocycles. The molecule has 6 heteroatoms. The van der Waals surface area contributed by atoms with Crippen molar-refractivity contribution in [2.45, 2.75) is 47.7 Å². The van der Waals surface area contributed by atoms with Gasteiger partial charge in [-0.1, -0.05) is 29.8 Å². The van der Waals surface area contributed by atoms with E-state index in [-0.39, 0.29) is 5.91 Å². The Hall–Kier alpha value is -3.15. The zero-order valence-corrected chi connectivity index (χ0v) is 17.2. The summed E-state index contributed by atoms with van der Waals surface area (Å²) in [6, 6.07) is 8.39.